The van der Waals surface area contributed by atoms with Crippen LogP contribution in [0.3, 0.4) is 0 Å². The molecule has 4 nitrogen and oxygen atoms in total. The molecule has 0 aromatic carbocycles. The largest absolute Gasteiger partial charge is 0.481 e. The van der Waals surface area contributed by atoms with Gasteiger partial charge in [0.25, 0.3) is 0 Å². The average Bonchev–Trinajstić information content (AvgIpc) is 2.47. The van der Waals surface area contributed by atoms with Crippen LogP contribution in [0.1, 0.15) is 28.8 Å². The molecule has 0 spiro atoms. The number of aliphatic carboxylic acids is 1. The third-order valence-corrected chi connectivity index (χ3v) is 2.57. The number of carboxylic acids is 1. The molecule has 0 saturated heterocycles. The van der Waals surface area contributed by atoms with Crippen LogP contribution in [0.4, 0.5) is 0 Å². The van der Waals surface area contributed by atoms with Gasteiger partial charge in [-0.25, -0.2) is 4.98 Å². The number of aliphatic hydroxyl groups is 1. The molecule has 2 N–H and O–H groups in total. The predicted molar refractivity (Wildman–Crippen MR) is 48.7 cm³/mol. The summed E-state index contributed by atoms with van der Waals surface area (Å²) in [5.41, 5.74) is 0. The Morgan fingerprint density at radius 3 is 2.92 bits per heavy atom. The molecular formula is C8H11NO3S. The topological polar surface area (TPSA) is 70.4 Å². The Morgan fingerprint density at radius 2 is 2.46 bits per heavy atom. The van der Waals surface area contributed by atoms with Crippen LogP contribution < -0.4 is 0 Å². The minimum absolute atomic E-state index is 0.0280. The number of thiazole rings is 1. The van der Waals surface area contributed by atoms with Crippen molar-refractivity contribution >= 4 is 17.3 Å². The molecule has 0 amide bonds. The molecule has 1 aromatic rings. The van der Waals surface area contributed by atoms with E-state index in [1.165, 1.54) is 11.3 Å². The lowest BCUT2D eigenvalue weighted by atomic mass is 10.2. The molecule has 0 aliphatic rings. The Bertz CT molecular complexity index is 297. The second-order valence-electron chi connectivity index (χ2n) is 2.76. The van der Waals surface area contributed by atoms with Crippen molar-refractivity contribution in [2.24, 2.45) is 0 Å². The molecule has 1 heterocycles. The fourth-order valence-corrected chi connectivity index (χ4v) is 1.70. The van der Waals surface area contributed by atoms with Gasteiger partial charge in [0.1, 0.15) is 11.1 Å². The van der Waals surface area contributed by atoms with Gasteiger partial charge in [-0.2, -0.15) is 0 Å². The number of aryl methyl sites for hydroxylation is 1. The summed E-state index contributed by atoms with van der Waals surface area (Å²) in [6.07, 6.45) is 1.13. The summed E-state index contributed by atoms with van der Waals surface area (Å²) < 4.78 is 0. The molecule has 1 aromatic heterocycles. The zero-order valence-corrected chi connectivity index (χ0v) is 8.04. The van der Waals surface area contributed by atoms with E-state index in [-0.39, 0.29) is 12.8 Å². The van der Waals surface area contributed by atoms with Crippen molar-refractivity contribution in [1.29, 1.82) is 0 Å². The highest BCUT2D eigenvalue weighted by atomic mass is 32.1. The van der Waals surface area contributed by atoms with Crippen molar-refractivity contribution in [2.75, 3.05) is 0 Å². The Kier molecular flexibility index (Phi) is 3.39. The molecular weight excluding hydrogens is 190 g/mol. The van der Waals surface area contributed by atoms with Gasteiger partial charge in [-0.05, 0) is 13.3 Å². The SMILES string of the molecule is Cc1cnc(C(O)CCC(=O)O)s1. The molecule has 1 unspecified atom stereocenters. The highest BCUT2D eigenvalue weighted by Gasteiger charge is 2.12. The molecule has 0 bridgehead atoms. The van der Waals surface area contributed by atoms with Gasteiger partial charge in [0.2, 0.25) is 0 Å². The van der Waals surface area contributed by atoms with Gasteiger partial charge in [-0.15, -0.1) is 11.3 Å². The lowest BCUT2D eigenvalue weighted by Crippen LogP contribution is -2.01. The maximum absolute atomic E-state index is 10.2. The van der Waals surface area contributed by atoms with E-state index in [0.717, 1.165) is 4.88 Å². The first kappa shape index (κ1) is 10.1. The number of rotatable bonds is 4. The van der Waals surface area contributed by atoms with E-state index in [1.807, 2.05) is 6.92 Å². The van der Waals surface area contributed by atoms with Gasteiger partial charge in [-0.1, -0.05) is 0 Å². The lowest BCUT2D eigenvalue weighted by Gasteiger charge is -2.03. The highest BCUT2D eigenvalue weighted by molar-refractivity contribution is 7.11. The smallest absolute Gasteiger partial charge is 0.303 e. The third-order valence-electron chi connectivity index (χ3n) is 1.56. The zero-order chi connectivity index (χ0) is 9.84. The van der Waals surface area contributed by atoms with Crippen molar-refractivity contribution in [2.45, 2.75) is 25.9 Å². The maximum atomic E-state index is 10.2. The van der Waals surface area contributed by atoms with Crippen LogP contribution in [0.25, 0.3) is 0 Å². The predicted octanol–water partition coefficient (Wildman–Crippen LogP) is 1.35. The van der Waals surface area contributed by atoms with Crippen molar-refractivity contribution in [1.82, 2.24) is 4.98 Å². The Balaban J connectivity index is 2.48. The van der Waals surface area contributed by atoms with E-state index in [9.17, 15) is 9.90 Å². The molecule has 0 radical (unpaired) electrons. The van der Waals surface area contributed by atoms with Gasteiger partial charge in [0.05, 0.1) is 0 Å². The maximum Gasteiger partial charge on any atom is 0.303 e. The van der Waals surface area contributed by atoms with Crippen LogP contribution in [0, 0.1) is 6.92 Å². The summed E-state index contributed by atoms with van der Waals surface area (Å²) in [6, 6.07) is 0. The van der Waals surface area contributed by atoms with Crippen LogP contribution in [0.15, 0.2) is 6.20 Å². The standard InChI is InChI=1S/C8H11NO3S/c1-5-4-9-8(13-5)6(10)2-3-7(11)12/h4,6,10H,2-3H2,1H3,(H,11,12). The number of nitrogens with zero attached hydrogens (tertiary/aromatic N) is 1. The number of carboxylic acid groups (broad SMARTS) is 1. The second kappa shape index (κ2) is 4.34. The van der Waals surface area contributed by atoms with Gasteiger partial charge < -0.3 is 10.2 Å². The van der Waals surface area contributed by atoms with Crippen molar-refractivity contribution in [3.8, 4) is 0 Å². The van der Waals surface area contributed by atoms with Crippen molar-refractivity contribution in [3.05, 3.63) is 16.1 Å². The first-order valence-corrected chi connectivity index (χ1v) is 4.73. The number of hydrogen-bond acceptors (Lipinski definition) is 4. The Hall–Kier alpha value is -0.940. The van der Waals surface area contributed by atoms with Crippen LogP contribution in [-0.4, -0.2) is 21.2 Å². The molecule has 1 rings (SSSR count). The fourth-order valence-electron chi connectivity index (χ4n) is 0.910. The number of hydrogen-bond donors (Lipinski definition) is 2. The van der Waals surface area contributed by atoms with Crippen LogP contribution in [0.2, 0.25) is 0 Å². The van der Waals surface area contributed by atoms with Gasteiger partial charge >= 0.3 is 5.97 Å². The summed E-state index contributed by atoms with van der Waals surface area (Å²) in [6.45, 7) is 1.89. The molecule has 1 atom stereocenters. The monoisotopic (exact) mass is 201 g/mol. The van der Waals surface area contributed by atoms with E-state index in [1.54, 1.807) is 6.20 Å². The first-order valence-electron chi connectivity index (χ1n) is 3.92. The second-order valence-corrected chi connectivity index (χ2v) is 4.02. The molecule has 0 saturated carbocycles. The van der Waals surface area contributed by atoms with Gasteiger partial charge in [-0.3, -0.25) is 4.79 Å². The lowest BCUT2D eigenvalue weighted by molar-refractivity contribution is -0.137. The minimum Gasteiger partial charge on any atom is -0.481 e. The van der Waals surface area contributed by atoms with Crippen LogP contribution >= 0.6 is 11.3 Å². The molecule has 0 aliphatic carbocycles. The average molecular weight is 201 g/mol. The molecule has 0 aliphatic heterocycles. The molecule has 0 fully saturated rings. The normalized spacial score (nSPS) is 12.8. The molecule has 72 valence electrons. The third kappa shape index (κ3) is 3.12. The van der Waals surface area contributed by atoms with Gasteiger partial charge in [0.15, 0.2) is 0 Å². The van der Waals surface area contributed by atoms with E-state index < -0.39 is 12.1 Å². The quantitative estimate of drug-likeness (QED) is 0.771. The van der Waals surface area contributed by atoms with Gasteiger partial charge in [0, 0.05) is 17.5 Å². The summed E-state index contributed by atoms with van der Waals surface area (Å²) in [5.74, 6) is -0.896. The zero-order valence-electron chi connectivity index (χ0n) is 7.23. The van der Waals surface area contributed by atoms with Crippen LogP contribution in [0.5, 0.6) is 0 Å². The van der Waals surface area contributed by atoms with E-state index in [2.05, 4.69) is 4.98 Å². The number of aromatic nitrogens is 1. The highest BCUT2D eigenvalue weighted by Crippen LogP contribution is 2.22. The first-order chi connectivity index (χ1) is 6.09. The summed E-state index contributed by atoms with van der Waals surface area (Å²) in [5, 5.41) is 18.4. The summed E-state index contributed by atoms with van der Waals surface area (Å²) in [7, 11) is 0. The van der Waals surface area contributed by atoms with E-state index in [0.29, 0.717) is 5.01 Å². The van der Waals surface area contributed by atoms with Crippen molar-refractivity contribution in [3.63, 3.8) is 0 Å². The minimum atomic E-state index is -0.896. The van der Waals surface area contributed by atoms with Crippen molar-refractivity contribution < 1.29 is 15.0 Å². The number of carbonyl (C=O) groups is 1. The summed E-state index contributed by atoms with van der Waals surface area (Å²) in [4.78, 5) is 15.2. The Morgan fingerprint density at radius 1 is 1.77 bits per heavy atom. The van der Waals surface area contributed by atoms with E-state index in [4.69, 9.17) is 5.11 Å². The number of aliphatic hydroxyl groups excluding tert-OH is 1. The molecule has 13 heavy (non-hydrogen) atoms. The van der Waals surface area contributed by atoms with E-state index >= 15 is 0 Å². The Labute approximate surface area is 79.9 Å². The fraction of sp³-hybridized carbons (Fsp3) is 0.500. The summed E-state index contributed by atoms with van der Waals surface area (Å²) >= 11 is 1.39. The molecule has 5 heteroatoms. The van der Waals surface area contributed by atoms with Crippen LogP contribution in [-0.2, 0) is 4.79 Å².